The third kappa shape index (κ3) is 3.35. The molecule has 0 spiro atoms. The first-order chi connectivity index (χ1) is 8.99. The van der Waals surface area contributed by atoms with E-state index in [1.807, 2.05) is 43.3 Å². The second kappa shape index (κ2) is 6.03. The Morgan fingerprint density at radius 1 is 1.16 bits per heavy atom. The van der Waals surface area contributed by atoms with Gasteiger partial charge in [0.25, 0.3) is 0 Å². The van der Waals surface area contributed by atoms with E-state index in [0.29, 0.717) is 4.99 Å². The minimum absolute atomic E-state index is 0.384. The maximum atomic E-state index is 5.78. The van der Waals surface area contributed by atoms with E-state index in [4.69, 9.17) is 18.0 Å². The molecule has 0 unspecified atom stereocenters. The van der Waals surface area contributed by atoms with Gasteiger partial charge in [0, 0.05) is 20.2 Å². The molecule has 0 aromatic heterocycles. The number of nitrogens with one attached hydrogen (secondary N) is 1. The summed E-state index contributed by atoms with van der Waals surface area (Å²) in [6.07, 6.45) is 0. The number of thiocarbonyl (C=S) groups is 1. The summed E-state index contributed by atoms with van der Waals surface area (Å²) < 4.78 is 1.94. The number of anilines is 2. The molecule has 0 radical (unpaired) electrons. The van der Waals surface area contributed by atoms with Gasteiger partial charge in [-0.1, -0.05) is 29.9 Å². The highest BCUT2D eigenvalue weighted by molar-refractivity contribution is 9.11. The molecule has 0 heterocycles. The average molecular weight is 400 g/mol. The lowest BCUT2D eigenvalue weighted by Gasteiger charge is -2.14. The van der Waals surface area contributed by atoms with Gasteiger partial charge in [-0.2, -0.15) is 0 Å². The Hall–Kier alpha value is -0.910. The molecular weight excluding hydrogens is 388 g/mol. The third-order valence-electron chi connectivity index (χ3n) is 2.66. The quantitative estimate of drug-likeness (QED) is 0.721. The van der Waals surface area contributed by atoms with E-state index < -0.39 is 0 Å². The van der Waals surface area contributed by atoms with E-state index in [9.17, 15) is 0 Å². The van der Waals surface area contributed by atoms with Crippen LogP contribution in [0.3, 0.4) is 0 Å². The van der Waals surface area contributed by atoms with Gasteiger partial charge < -0.3 is 11.1 Å². The van der Waals surface area contributed by atoms with Crippen LogP contribution in [0.2, 0.25) is 0 Å². The molecule has 98 valence electrons. The predicted molar refractivity (Wildman–Crippen MR) is 92.2 cm³/mol. The van der Waals surface area contributed by atoms with Crippen molar-refractivity contribution in [1.82, 2.24) is 0 Å². The summed E-state index contributed by atoms with van der Waals surface area (Å²) >= 11 is 12.2. The molecule has 3 N–H and O–H groups in total. The van der Waals surface area contributed by atoms with Gasteiger partial charge in [0.15, 0.2) is 0 Å². The van der Waals surface area contributed by atoms with E-state index in [-0.39, 0.29) is 0 Å². The number of rotatable bonds is 3. The number of halogens is 2. The van der Waals surface area contributed by atoms with E-state index in [0.717, 1.165) is 31.4 Å². The van der Waals surface area contributed by atoms with Gasteiger partial charge in [0.2, 0.25) is 0 Å². The minimum atomic E-state index is 0.384. The molecular formula is C14H12Br2N2S. The SMILES string of the molecule is Cc1ccc(Nc2c(Br)cccc2Br)c(C(N)=S)c1. The number of hydrogen-bond acceptors (Lipinski definition) is 2. The lowest BCUT2D eigenvalue weighted by Crippen LogP contribution is -2.12. The Kier molecular flexibility index (Phi) is 4.60. The molecule has 0 saturated heterocycles. The van der Waals surface area contributed by atoms with Crippen molar-refractivity contribution in [3.05, 3.63) is 56.5 Å². The van der Waals surface area contributed by atoms with Gasteiger partial charge in [-0.25, -0.2) is 0 Å². The Balaban J connectivity index is 2.47. The van der Waals surface area contributed by atoms with Crippen molar-refractivity contribution in [2.45, 2.75) is 6.92 Å². The average Bonchev–Trinajstić information content (AvgIpc) is 2.35. The van der Waals surface area contributed by atoms with E-state index in [1.54, 1.807) is 0 Å². The van der Waals surface area contributed by atoms with Crippen molar-refractivity contribution in [2.75, 3.05) is 5.32 Å². The van der Waals surface area contributed by atoms with Crippen molar-refractivity contribution >= 4 is 60.4 Å². The van der Waals surface area contributed by atoms with E-state index >= 15 is 0 Å². The van der Waals surface area contributed by atoms with Crippen LogP contribution >= 0.6 is 44.1 Å². The molecule has 0 aliphatic rings. The van der Waals surface area contributed by atoms with Crippen LogP contribution in [-0.2, 0) is 0 Å². The summed E-state index contributed by atoms with van der Waals surface area (Å²) in [5.74, 6) is 0. The fourth-order valence-electron chi connectivity index (χ4n) is 1.72. The fourth-order valence-corrected chi connectivity index (χ4v) is 3.09. The van der Waals surface area contributed by atoms with Crippen molar-refractivity contribution in [3.63, 3.8) is 0 Å². The molecule has 19 heavy (non-hydrogen) atoms. The highest BCUT2D eigenvalue weighted by atomic mass is 79.9. The number of para-hydroxylation sites is 1. The zero-order chi connectivity index (χ0) is 14.0. The highest BCUT2D eigenvalue weighted by Crippen LogP contribution is 2.34. The van der Waals surface area contributed by atoms with Gasteiger partial charge in [-0.3, -0.25) is 0 Å². The maximum absolute atomic E-state index is 5.78. The van der Waals surface area contributed by atoms with Crippen LogP contribution in [0.5, 0.6) is 0 Å². The van der Waals surface area contributed by atoms with Crippen LogP contribution in [-0.4, -0.2) is 4.99 Å². The van der Waals surface area contributed by atoms with Crippen LogP contribution in [0.1, 0.15) is 11.1 Å². The fraction of sp³-hybridized carbons (Fsp3) is 0.0714. The van der Waals surface area contributed by atoms with Gasteiger partial charge in [0.05, 0.1) is 5.69 Å². The summed E-state index contributed by atoms with van der Waals surface area (Å²) in [5, 5.41) is 3.36. The lowest BCUT2D eigenvalue weighted by molar-refractivity contribution is 1.42. The van der Waals surface area contributed by atoms with Crippen molar-refractivity contribution in [1.29, 1.82) is 0 Å². The number of benzene rings is 2. The second-order valence-corrected chi connectivity index (χ2v) is 6.28. The number of aryl methyl sites for hydroxylation is 1. The Bertz CT molecular complexity index is 621. The summed E-state index contributed by atoms with van der Waals surface area (Å²) in [5.41, 5.74) is 9.59. The van der Waals surface area contributed by atoms with Gasteiger partial charge in [-0.05, 0) is 63.0 Å². The molecule has 2 rings (SSSR count). The topological polar surface area (TPSA) is 38.0 Å². The Morgan fingerprint density at radius 3 is 2.37 bits per heavy atom. The summed E-state index contributed by atoms with van der Waals surface area (Å²) in [4.78, 5) is 0.384. The third-order valence-corrected chi connectivity index (χ3v) is 4.20. The molecule has 2 aromatic rings. The normalized spacial score (nSPS) is 10.3. The van der Waals surface area contributed by atoms with Crippen molar-refractivity contribution in [2.24, 2.45) is 5.73 Å². The summed E-state index contributed by atoms with van der Waals surface area (Å²) in [6.45, 7) is 2.01. The minimum Gasteiger partial charge on any atom is -0.389 e. The first-order valence-electron chi connectivity index (χ1n) is 5.60. The molecule has 0 atom stereocenters. The Morgan fingerprint density at radius 2 is 1.79 bits per heavy atom. The monoisotopic (exact) mass is 398 g/mol. The van der Waals surface area contributed by atoms with Crippen LogP contribution in [0.25, 0.3) is 0 Å². The first kappa shape index (κ1) is 14.5. The smallest absolute Gasteiger partial charge is 0.106 e. The molecule has 0 fully saturated rings. The molecule has 2 nitrogen and oxygen atoms in total. The molecule has 0 aliphatic heterocycles. The second-order valence-electron chi connectivity index (χ2n) is 4.13. The van der Waals surface area contributed by atoms with Crippen LogP contribution in [0.15, 0.2) is 45.3 Å². The van der Waals surface area contributed by atoms with Crippen LogP contribution in [0, 0.1) is 6.92 Å². The summed E-state index contributed by atoms with van der Waals surface area (Å²) in [7, 11) is 0. The molecule has 0 aliphatic carbocycles. The lowest BCUT2D eigenvalue weighted by atomic mass is 10.1. The highest BCUT2D eigenvalue weighted by Gasteiger charge is 2.09. The molecule has 2 aromatic carbocycles. The predicted octanol–water partition coefficient (Wildman–Crippen LogP) is 4.90. The van der Waals surface area contributed by atoms with E-state index in [1.165, 1.54) is 0 Å². The molecule has 0 amide bonds. The largest absolute Gasteiger partial charge is 0.389 e. The first-order valence-corrected chi connectivity index (χ1v) is 7.60. The standard InChI is InChI=1S/C14H12Br2N2S/c1-8-5-6-12(9(7-8)14(17)19)18-13-10(15)3-2-4-11(13)16/h2-7,18H,1H3,(H2,17,19). The molecule has 0 bridgehead atoms. The van der Waals surface area contributed by atoms with Crippen LogP contribution < -0.4 is 11.1 Å². The van der Waals surface area contributed by atoms with Crippen molar-refractivity contribution in [3.8, 4) is 0 Å². The zero-order valence-corrected chi connectivity index (χ0v) is 14.2. The molecule has 0 saturated carbocycles. The summed E-state index contributed by atoms with van der Waals surface area (Å²) in [6, 6.07) is 11.9. The van der Waals surface area contributed by atoms with Crippen molar-refractivity contribution < 1.29 is 0 Å². The van der Waals surface area contributed by atoms with Crippen LogP contribution in [0.4, 0.5) is 11.4 Å². The number of hydrogen-bond donors (Lipinski definition) is 2. The number of nitrogens with two attached hydrogens (primary N) is 1. The maximum Gasteiger partial charge on any atom is 0.106 e. The van der Waals surface area contributed by atoms with Gasteiger partial charge in [0.1, 0.15) is 4.99 Å². The van der Waals surface area contributed by atoms with Gasteiger partial charge in [-0.15, -0.1) is 0 Å². The Labute approximate surface area is 134 Å². The van der Waals surface area contributed by atoms with Gasteiger partial charge >= 0.3 is 0 Å². The zero-order valence-electron chi connectivity index (χ0n) is 10.2. The van der Waals surface area contributed by atoms with E-state index in [2.05, 4.69) is 37.2 Å². The molecule has 5 heteroatoms.